The minimum Gasteiger partial charge on any atom is -0.496 e. The van der Waals surface area contributed by atoms with E-state index in [1.165, 1.54) is 111 Å². The molecule has 0 unspecified atom stereocenters. The SMILES string of the molecule is COc1cc(C(C)C)c(OC)c(P(C23CC4CC(CC(C4)C2)C3)C23CC4CC(CC(C4)C2)C3)c1-c1c(C(C)C)cccc1C(C)C. The zero-order chi connectivity index (χ0) is 32.1. The molecule has 0 N–H and O–H groups in total. The van der Waals surface area contributed by atoms with E-state index in [1.807, 2.05) is 14.2 Å². The van der Waals surface area contributed by atoms with Crippen molar-refractivity contribution < 1.29 is 9.47 Å². The van der Waals surface area contributed by atoms with Gasteiger partial charge in [0.05, 0.1) is 14.2 Å². The van der Waals surface area contributed by atoms with E-state index in [2.05, 4.69) is 65.8 Å². The summed E-state index contributed by atoms with van der Waals surface area (Å²) in [6, 6.07) is 9.57. The zero-order valence-electron chi connectivity index (χ0n) is 30.3. The number of rotatable bonds is 9. The van der Waals surface area contributed by atoms with Crippen molar-refractivity contribution in [2.75, 3.05) is 14.2 Å². The van der Waals surface area contributed by atoms with Crippen LogP contribution < -0.4 is 14.8 Å². The second kappa shape index (κ2) is 11.5. The summed E-state index contributed by atoms with van der Waals surface area (Å²) in [5.41, 5.74) is 7.25. The Hall–Kier alpha value is -1.53. The lowest BCUT2D eigenvalue weighted by Gasteiger charge is -2.67. The molecule has 8 aliphatic carbocycles. The third kappa shape index (κ3) is 4.87. The molecule has 0 spiro atoms. The molecule has 46 heavy (non-hydrogen) atoms. The highest BCUT2D eigenvalue weighted by Crippen LogP contribution is 2.79. The van der Waals surface area contributed by atoms with E-state index in [-0.39, 0.29) is 0 Å². The van der Waals surface area contributed by atoms with Crippen LogP contribution in [0.15, 0.2) is 24.3 Å². The molecule has 0 heterocycles. The quantitative estimate of drug-likeness (QED) is 0.254. The zero-order valence-corrected chi connectivity index (χ0v) is 31.1. The Bertz CT molecular complexity index is 1340. The lowest BCUT2D eigenvalue weighted by molar-refractivity contribution is 0.0195. The molecule has 0 saturated heterocycles. The Morgan fingerprint density at radius 2 is 0.957 bits per heavy atom. The van der Waals surface area contributed by atoms with E-state index in [1.54, 1.807) is 5.30 Å². The molecule has 3 heteroatoms. The maximum Gasteiger partial charge on any atom is 0.130 e. The maximum absolute atomic E-state index is 6.87. The van der Waals surface area contributed by atoms with Crippen LogP contribution in [0.25, 0.3) is 11.1 Å². The summed E-state index contributed by atoms with van der Waals surface area (Å²) >= 11 is 0. The number of ether oxygens (including phenoxy) is 2. The predicted octanol–water partition coefficient (Wildman–Crippen LogP) is 11.8. The smallest absolute Gasteiger partial charge is 0.130 e. The van der Waals surface area contributed by atoms with Gasteiger partial charge in [-0.2, -0.15) is 0 Å². The van der Waals surface area contributed by atoms with Crippen LogP contribution in [0.1, 0.15) is 153 Å². The van der Waals surface area contributed by atoms with Gasteiger partial charge >= 0.3 is 0 Å². The third-order valence-electron chi connectivity index (χ3n) is 14.1. The van der Waals surface area contributed by atoms with Crippen LogP contribution in [0.5, 0.6) is 11.5 Å². The molecule has 250 valence electrons. The van der Waals surface area contributed by atoms with Crippen molar-refractivity contribution in [2.24, 2.45) is 35.5 Å². The van der Waals surface area contributed by atoms with E-state index in [0.29, 0.717) is 28.1 Å². The van der Waals surface area contributed by atoms with E-state index in [9.17, 15) is 0 Å². The molecule has 0 aromatic heterocycles. The molecule has 0 radical (unpaired) electrons. The second-order valence-electron chi connectivity index (χ2n) is 18.3. The Labute approximate surface area is 281 Å². The van der Waals surface area contributed by atoms with Crippen LogP contribution in [-0.2, 0) is 0 Å². The van der Waals surface area contributed by atoms with E-state index < -0.39 is 7.92 Å². The second-order valence-corrected chi connectivity index (χ2v) is 21.3. The van der Waals surface area contributed by atoms with Gasteiger partial charge in [0.1, 0.15) is 11.5 Å². The summed E-state index contributed by atoms with van der Waals surface area (Å²) in [7, 11) is 3.45. The normalized spacial score (nSPS) is 36.3. The Balaban J connectivity index is 1.49. The molecule has 8 bridgehead atoms. The molecule has 0 atom stereocenters. The summed E-state index contributed by atoms with van der Waals surface area (Å²) in [6.45, 7) is 14.3. The monoisotopic (exact) mass is 640 g/mol. The Morgan fingerprint density at radius 1 is 0.565 bits per heavy atom. The molecule has 0 amide bonds. The Morgan fingerprint density at radius 3 is 1.28 bits per heavy atom. The molecule has 2 aromatic carbocycles. The van der Waals surface area contributed by atoms with Crippen LogP contribution in [-0.4, -0.2) is 24.5 Å². The fraction of sp³-hybridized carbons (Fsp3) is 0.721. The minimum atomic E-state index is -0.506. The van der Waals surface area contributed by atoms with Crippen LogP contribution in [0.2, 0.25) is 0 Å². The number of benzene rings is 2. The molecule has 2 nitrogen and oxygen atoms in total. The largest absolute Gasteiger partial charge is 0.496 e. The van der Waals surface area contributed by atoms with Gasteiger partial charge < -0.3 is 9.47 Å². The lowest BCUT2D eigenvalue weighted by atomic mass is 9.55. The molecule has 8 fully saturated rings. The van der Waals surface area contributed by atoms with E-state index >= 15 is 0 Å². The van der Waals surface area contributed by atoms with Gasteiger partial charge in [0.25, 0.3) is 0 Å². The van der Waals surface area contributed by atoms with Crippen molar-refractivity contribution in [3.05, 3.63) is 41.0 Å². The standard InChI is InChI=1S/C43H61O2P/c1-25(2)34-10-9-11-35(26(3)4)38(34)39-37(44-7)18-36(27(5)6)40(45-8)41(39)46(42-19-28-12-29(20-42)14-30(13-28)21-42)43-22-31-15-32(23-43)17-33(16-31)24-43/h9-11,18,25-33H,12-17,19-24H2,1-8H3. The van der Waals surface area contributed by atoms with Crippen LogP contribution in [0.3, 0.4) is 0 Å². The summed E-state index contributed by atoms with van der Waals surface area (Å²) in [5, 5.41) is 2.55. The van der Waals surface area contributed by atoms with Crippen molar-refractivity contribution in [1.29, 1.82) is 0 Å². The minimum absolute atomic E-state index is 0.381. The molecular weight excluding hydrogens is 579 g/mol. The fourth-order valence-corrected chi connectivity index (χ4v) is 18.9. The van der Waals surface area contributed by atoms with Crippen LogP contribution in [0, 0.1) is 35.5 Å². The number of methoxy groups -OCH3 is 2. The highest BCUT2D eigenvalue weighted by molar-refractivity contribution is 7.69. The summed E-state index contributed by atoms with van der Waals surface area (Å²) in [6.07, 6.45) is 17.9. The summed E-state index contributed by atoms with van der Waals surface area (Å²) < 4.78 is 13.5. The summed E-state index contributed by atoms with van der Waals surface area (Å²) in [5.74, 6) is 9.30. The van der Waals surface area contributed by atoms with Gasteiger partial charge in [-0.1, -0.05) is 67.7 Å². The summed E-state index contributed by atoms with van der Waals surface area (Å²) in [4.78, 5) is 0. The molecular formula is C43H61O2P. The van der Waals surface area contributed by atoms with Crippen LogP contribution in [0.4, 0.5) is 0 Å². The molecule has 10 rings (SSSR count). The lowest BCUT2D eigenvalue weighted by Crippen LogP contribution is -2.58. The molecule has 0 aliphatic heterocycles. The van der Waals surface area contributed by atoms with Gasteiger partial charge in [-0.15, -0.1) is 0 Å². The first-order chi connectivity index (χ1) is 22.0. The van der Waals surface area contributed by atoms with E-state index in [4.69, 9.17) is 9.47 Å². The molecule has 8 saturated carbocycles. The first kappa shape index (κ1) is 31.7. The first-order valence-electron chi connectivity index (χ1n) is 19.3. The van der Waals surface area contributed by atoms with Gasteiger partial charge in [-0.3, -0.25) is 0 Å². The molecule has 2 aromatic rings. The van der Waals surface area contributed by atoms with Gasteiger partial charge in [0, 0.05) is 16.4 Å². The van der Waals surface area contributed by atoms with Gasteiger partial charge in [0.2, 0.25) is 0 Å². The van der Waals surface area contributed by atoms with Crippen molar-refractivity contribution in [3.8, 4) is 22.6 Å². The van der Waals surface area contributed by atoms with Crippen molar-refractivity contribution in [3.63, 3.8) is 0 Å². The highest BCUT2D eigenvalue weighted by atomic mass is 31.1. The van der Waals surface area contributed by atoms with E-state index in [0.717, 1.165) is 41.3 Å². The highest BCUT2D eigenvalue weighted by Gasteiger charge is 2.64. The first-order valence-corrected chi connectivity index (χ1v) is 20.6. The van der Waals surface area contributed by atoms with Crippen LogP contribution >= 0.6 is 7.92 Å². The Kier molecular flexibility index (Phi) is 7.95. The van der Waals surface area contributed by atoms with Gasteiger partial charge in [-0.05, 0) is 163 Å². The fourth-order valence-electron chi connectivity index (χ4n) is 13.4. The third-order valence-corrected chi connectivity index (χ3v) is 18.0. The van der Waals surface area contributed by atoms with Crippen molar-refractivity contribution in [1.82, 2.24) is 0 Å². The van der Waals surface area contributed by atoms with Gasteiger partial charge in [0.15, 0.2) is 0 Å². The number of hydrogen-bond acceptors (Lipinski definition) is 2. The number of hydrogen-bond donors (Lipinski definition) is 0. The average Bonchev–Trinajstić information content (AvgIpc) is 2.98. The predicted molar refractivity (Wildman–Crippen MR) is 196 cm³/mol. The molecule has 8 aliphatic rings. The average molecular weight is 641 g/mol. The maximum atomic E-state index is 6.87. The van der Waals surface area contributed by atoms with Crippen molar-refractivity contribution in [2.45, 2.75) is 147 Å². The topological polar surface area (TPSA) is 18.5 Å². The van der Waals surface area contributed by atoms with Crippen molar-refractivity contribution >= 4 is 13.2 Å². The van der Waals surface area contributed by atoms with Gasteiger partial charge in [-0.25, -0.2) is 0 Å².